The molecule has 1 fully saturated rings. The number of aromatic nitrogens is 3. The molecule has 0 amide bonds. The van der Waals surface area contributed by atoms with Crippen molar-refractivity contribution in [2.45, 2.75) is 19.3 Å². The number of aromatic amines is 1. The summed E-state index contributed by atoms with van der Waals surface area (Å²) in [5, 5.41) is 10.7. The van der Waals surface area contributed by atoms with Gasteiger partial charge in [0.2, 0.25) is 0 Å². The van der Waals surface area contributed by atoms with Gasteiger partial charge >= 0.3 is 0 Å². The van der Waals surface area contributed by atoms with Crippen LogP contribution < -0.4 is 5.32 Å². The van der Waals surface area contributed by atoms with Gasteiger partial charge in [-0.1, -0.05) is 23.8 Å². The molecule has 4 heteroatoms. The second-order valence-corrected chi connectivity index (χ2v) is 4.60. The van der Waals surface area contributed by atoms with Crippen LogP contribution in [0.4, 0.5) is 0 Å². The van der Waals surface area contributed by atoms with E-state index in [9.17, 15) is 0 Å². The normalized spacial score (nSPS) is 19.7. The van der Waals surface area contributed by atoms with Crippen LogP contribution in [0.3, 0.4) is 0 Å². The second-order valence-electron chi connectivity index (χ2n) is 4.60. The van der Waals surface area contributed by atoms with Gasteiger partial charge in [-0.05, 0) is 26.0 Å². The quantitative estimate of drug-likeness (QED) is 0.825. The maximum absolute atomic E-state index is 4.60. The molecule has 88 valence electrons. The van der Waals surface area contributed by atoms with Crippen molar-refractivity contribution in [1.82, 2.24) is 20.5 Å². The molecule has 0 spiro atoms. The Balaban J connectivity index is 1.89. The molecule has 1 aliphatic heterocycles. The number of hydrogen-bond donors (Lipinski definition) is 2. The smallest absolute Gasteiger partial charge is 0.181 e. The SMILES string of the molecule is Cc1cccc(-c2n[nH]c(C3CCNC3)n2)c1. The van der Waals surface area contributed by atoms with E-state index in [1.807, 2.05) is 12.1 Å². The monoisotopic (exact) mass is 228 g/mol. The summed E-state index contributed by atoms with van der Waals surface area (Å²) in [7, 11) is 0. The lowest BCUT2D eigenvalue weighted by Crippen LogP contribution is -2.08. The largest absolute Gasteiger partial charge is 0.316 e. The number of hydrogen-bond acceptors (Lipinski definition) is 3. The van der Waals surface area contributed by atoms with Crippen molar-refractivity contribution in [3.63, 3.8) is 0 Å². The fourth-order valence-corrected chi connectivity index (χ4v) is 2.26. The molecular weight excluding hydrogens is 212 g/mol. The standard InChI is InChI=1S/C13H16N4/c1-9-3-2-4-10(7-9)12-15-13(17-16-12)11-5-6-14-8-11/h2-4,7,11,14H,5-6,8H2,1H3,(H,15,16,17). The average Bonchev–Trinajstić information content (AvgIpc) is 3.00. The van der Waals surface area contributed by atoms with Gasteiger partial charge in [0.1, 0.15) is 5.82 Å². The van der Waals surface area contributed by atoms with Gasteiger partial charge in [-0.3, -0.25) is 5.10 Å². The van der Waals surface area contributed by atoms with Crippen molar-refractivity contribution < 1.29 is 0 Å². The summed E-state index contributed by atoms with van der Waals surface area (Å²) in [5.74, 6) is 2.29. The third-order valence-electron chi connectivity index (χ3n) is 3.23. The van der Waals surface area contributed by atoms with Gasteiger partial charge in [0.25, 0.3) is 0 Å². The zero-order chi connectivity index (χ0) is 11.7. The van der Waals surface area contributed by atoms with E-state index in [2.05, 4.69) is 39.6 Å². The maximum Gasteiger partial charge on any atom is 0.181 e. The van der Waals surface area contributed by atoms with Crippen molar-refractivity contribution in [2.75, 3.05) is 13.1 Å². The number of nitrogens with one attached hydrogen (secondary N) is 2. The predicted molar refractivity (Wildman–Crippen MR) is 66.8 cm³/mol. The molecule has 4 nitrogen and oxygen atoms in total. The Kier molecular flexibility index (Phi) is 2.65. The first-order valence-electron chi connectivity index (χ1n) is 6.03. The third kappa shape index (κ3) is 2.08. The van der Waals surface area contributed by atoms with Crippen LogP contribution in [0.1, 0.15) is 23.7 Å². The van der Waals surface area contributed by atoms with E-state index in [0.717, 1.165) is 36.7 Å². The summed E-state index contributed by atoms with van der Waals surface area (Å²) in [4.78, 5) is 4.60. The zero-order valence-electron chi connectivity index (χ0n) is 9.90. The van der Waals surface area contributed by atoms with E-state index in [-0.39, 0.29) is 0 Å². The molecule has 1 aromatic heterocycles. The first kappa shape index (κ1) is 10.5. The molecular formula is C13H16N4. The lowest BCUT2D eigenvalue weighted by molar-refractivity contribution is 0.706. The Labute approximate surface area is 100 Å². The Bertz CT molecular complexity index is 512. The van der Waals surface area contributed by atoms with Crippen LogP contribution in [0.2, 0.25) is 0 Å². The van der Waals surface area contributed by atoms with Gasteiger partial charge in [0, 0.05) is 18.0 Å². The molecule has 1 aliphatic rings. The van der Waals surface area contributed by atoms with Crippen LogP contribution in [0, 0.1) is 6.92 Å². The minimum Gasteiger partial charge on any atom is -0.316 e. The van der Waals surface area contributed by atoms with E-state index in [1.165, 1.54) is 5.56 Å². The first-order chi connectivity index (χ1) is 8.33. The fourth-order valence-electron chi connectivity index (χ4n) is 2.26. The number of H-pyrrole nitrogens is 1. The number of aryl methyl sites for hydroxylation is 1. The van der Waals surface area contributed by atoms with Gasteiger partial charge in [-0.15, -0.1) is 0 Å². The highest BCUT2D eigenvalue weighted by molar-refractivity contribution is 5.55. The minimum atomic E-state index is 0.487. The highest BCUT2D eigenvalue weighted by atomic mass is 15.2. The minimum absolute atomic E-state index is 0.487. The summed E-state index contributed by atoms with van der Waals surface area (Å²) in [6, 6.07) is 8.28. The molecule has 1 atom stereocenters. The van der Waals surface area contributed by atoms with Crippen LogP contribution in [0.15, 0.2) is 24.3 Å². The topological polar surface area (TPSA) is 53.6 Å². The van der Waals surface area contributed by atoms with E-state index in [1.54, 1.807) is 0 Å². The number of rotatable bonds is 2. The molecule has 0 saturated carbocycles. The van der Waals surface area contributed by atoms with Gasteiger partial charge in [0.05, 0.1) is 0 Å². The second kappa shape index (κ2) is 4.30. The summed E-state index contributed by atoms with van der Waals surface area (Å²) in [5.41, 5.74) is 2.31. The predicted octanol–water partition coefficient (Wildman–Crippen LogP) is 1.86. The molecule has 2 N–H and O–H groups in total. The van der Waals surface area contributed by atoms with E-state index in [4.69, 9.17) is 0 Å². The first-order valence-corrected chi connectivity index (χ1v) is 6.03. The summed E-state index contributed by atoms with van der Waals surface area (Å²) >= 11 is 0. The van der Waals surface area contributed by atoms with Gasteiger partial charge in [-0.25, -0.2) is 4.98 Å². The molecule has 3 rings (SSSR count). The molecule has 17 heavy (non-hydrogen) atoms. The average molecular weight is 228 g/mol. The highest BCUT2D eigenvalue weighted by Crippen LogP contribution is 2.22. The Morgan fingerprint density at radius 1 is 1.35 bits per heavy atom. The highest BCUT2D eigenvalue weighted by Gasteiger charge is 2.20. The fraction of sp³-hybridized carbons (Fsp3) is 0.385. The van der Waals surface area contributed by atoms with Crippen molar-refractivity contribution in [3.8, 4) is 11.4 Å². The van der Waals surface area contributed by atoms with Crippen LogP contribution >= 0.6 is 0 Å². The van der Waals surface area contributed by atoms with Crippen LogP contribution in [0.5, 0.6) is 0 Å². The van der Waals surface area contributed by atoms with Crippen molar-refractivity contribution in [1.29, 1.82) is 0 Å². The zero-order valence-corrected chi connectivity index (χ0v) is 9.90. The molecule has 1 saturated heterocycles. The molecule has 0 bridgehead atoms. The van der Waals surface area contributed by atoms with Gasteiger partial charge in [-0.2, -0.15) is 5.10 Å². The van der Waals surface area contributed by atoms with Crippen LogP contribution in [-0.2, 0) is 0 Å². The van der Waals surface area contributed by atoms with E-state index in [0.29, 0.717) is 5.92 Å². The van der Waals surface area contributed by atoms with Crippen molar-refractivity contribution in [2.24, 2.45) is 0 Å². The number of benzene rings is 1. The third-order valence-corrected chi connectivity index (χ3v) is 3.23. The molecule has 2 heterocycles. The summed E-state index contributed by atoms with van der Waals surface area (Å²) < 4.78 is 0. The van der Waals surface area contributed by atoms with E-state index < -0.39 is 0 Å². The lowest BCUT2D eigenvalue weighted by atomic mass is 10.1. The summed E-state index contributed by atoms with van der Waals surface area (Å²) in [6.07, 6.45) is 1.14. The van der Waals surface area contributed by atoms with Gasteiger partial charge < -0.3 is 5.32 Å². The Hall–Kier alpha value is -1.68. The molecule has 1 aromatic carbocycles. The lowest BCUT2D eigenvalue weighted by Gasteiger charge is -2.01. The van der Waals surface area contributed by atoms with E-state index >= 15 is 0 Å². The Morgan fingerprint density at radius 2 is 2.29 bits per heavy atom. The molecule has 0 aliphatic carbocycles. The van der Waals surface area contributed by atoms with Crippen molar-refractivity contribution >= 4 is 0 Å². The Morgan fingerprint density at radius 3 is 3.06 bits per heavy atom. The van der Waals surface area contributed by atoms with Gasteiger partial charge in [0.15, 0.2) is 5.82 Å². The molecule has 1 unspecified atom stereocenters. The van der Waals surface area contributed by atoms with Crippen molar-refractivity contribution in [3.05, 3.63) is 35.7 Å². The van der Waals surface area contributed by atoms with Crippen LogP contribution in [-0.4, -0.2) is 28.3 Å². The summed E-state index contributed by atoms with van der Waals surface area (Å²) in [6.45, 7) is 4.16. The van der Waals surface area contributed by atoms with Crippen LogP contribution in [0.25, 0.3) is 11.4 Å². The maximum atomic E-state index is 4.60. The molecule has 0 radical (unpaired) electrons. The molecule has 2 aromatic rings. The number of nitrogens with zero attached hydrogens (tertiary/aromatic N) is 2.